The molecule has 1 amide bonds. The van der Waals surface area contributed by atoms with E-state index in [4.69, 9.17) is 4.74 Å². The number of carbonyl (C=O) groups is 2. The van der Waals surface area contributed by atoms with Crippen LogP contribution in [0.2, 0.25) is 0 Å². The van der Waals surface area contributed by atoms with E-state index in [2.05, 4.69) is 10.3 Å². The Morgan fingerprint density at radius 3 is 2.65 bits per heavy atom. The highest BCUT2D eigenvalue weighted by Gasteiger charge is 2.19. The van der Waals surface area contributed by atoms with Crippen molar-refractivity contribution in [3.05, 3.63) is 41.1 Å². The number of ether oxygens (including phenoxy) is 1. The summed E-state index contributed by atoms with van der Waals surface area (Å²) in [5, 5.41) is 3.44. The van der Waals surface area contributed by atoms with Crippen LogP contribution in [0.4, 0.5) is 0 Å². The first-order valence-corrected chi connectivity index (χ1v) is 7.90. The first-order valence-electron chi connectivity index (χ1n) is 7.90. The lowest BCUT2D eigenvalue weighted by molar-refractivity contribution is -0.124. The summed E-state index contributed by atoms with van der Waals surface area (Å²) in [4.78, 5) is 28.7. The van der Waals surface area contributed by atoms with Gasteiger partial charge < -0.3 is 10.1 Å². The van der Waals surface area contributed by atoms with Crippen LogP contribution in [-0.4, -0.2) is 30.0 Å². The molecular formula is C18H22N2O3. The van der Waals surface area contributed by atoms with E-state index in [1.807, 2.05) is 45.0 Å². The van der Waals surface area contributed by atoms with Crippen LogP contribution in [0.1, 0.15) is 41.9 Å². The molecule has 0 spiro atoms. The van der Waals surface area contributed by atoms with Gasteiger partial charge >= 0.3 is 5.97 Å². The average molecular weight is 314 g/mol. The minimum atomic E-state index is -0.484. The van der Waals surface area contributed by atoms with Gasteiger partial charge in [0, 0.05) is 17.6 Å². The first-order chi connectivity index (χ1) is 11.1. The Hall–Kier alpha value is -2.43. The number of para-hydroxylation sites is 1. The van der Waals surface area contributed by atoms with Gasteiger partial charge in [0.25, 0.3) is 5.91 Å². The molecule has 122 valence electrons. The number of amides is 1. The van der Waals surface area contributed by atoms with Gasteiger partial charge in [-0.2, -0.15) is 0 Å². The van der Waals surface area contributed by atoms with Gasteiger partial charge in [-0.3, -0.25) is 9.78 Å². The quantitative estimate of drug-likeness (QED) is 0.833. The van der Waals surface area contributed by atoms with Crippen LogP contribution < -0.4 is 5.32 Å². The summed E-state index contributed by atoms with van der Waals surface area (Å²) in [6.45, 7) is 6.14. The predicted octanol–water partition coefficient (Wildman–Crippen LogP) is 2.79. The van der Waals surface area contributed by atoms with Crippen molar-refractivity contribution in [1.82, 2.24) is 10.3 Å². The standard InChI is InChI=1S/C18H22N2O3/c1-4-10-19-16(21)11-23-18(22)17-12(3)14(5-2)20-15-9-7-6-8-13(15)17/h6-9H,4-5,10-11H2,1-3H3,(H,19,21). The van der Waals surface area contributed by atoms with Crippen LogP contribution in [0, 0.1) is 6.92 Å². The average Bonchev–Trinajstić information content (AvgIpc) is 2.57. The molecule has 0 fully saturated rings. The summed E-state index contributed by atoms with van der Waals surface area (Å²) < 4.78 is 5.20. The van der Waals surface area contributed by atoms with Gasteiger partial charge in [-0.1, -0.05) is 32.0 Å². The molecule has 0 aliphatic heterocycles. The number of fused-ring (bicyclic) bond motifs is 1. The number of hydrogen-bond acceptors (Lipinski definition) is 4. The summed E-state index contributed by atoms with van der Waals surface area (Å²) in [6, 6.07) is 7.47. The predicted molar refractivity (Wildman–Crippen MR) is 89.4 cm³/mol. The van der Waals surface area contributed by atoms with Crippen molar-refractivity contribution in [3.8, 4) is 0 Å². The van der Waals surface area contributed by atoms with Gasteiger partial charge in [-0.25, -0.2) is 4.79 Å². The van der Waals surface area contributed by atoms with E-state index in [0.29, 0.717) is 12.1 Å². The van der Waals surface area contributed by atoms with E-state index in [-0.39, 0.29) is 12.5 Å². The third kappa shape index (κ3) is 3.86. The van der Waals surface area contributed by atoms with Crippen molar-refractivity contribution in [2.45, 2.75) is 33.6 Å². The number of pyridine rings is 1. The summed E-state index contributed by atoms with van der Waals surface area (Å²) in [5.74, 6) is -0.769. The van der Waals surface area contributed by atoms with Crippen LogP contribution in [0.3, 0.4) is 0 Å². The Kier molecular flexibility index (Phi) is 5.68. The van der Waals surface area contributed by atoms with Crippen molar-refractivity contribution in [3.63, 3.8) is 0 Å². The Balaban J connectivity index is 2.29. The number of nitrogens with zero attached hydrogens (tertiary/aromatic N) is 1. The molecule has 0 saturated heterocycles. The molecular weight excluding hydrogens is 292 g/mol. The number of esters is 1. The Labute approximate surface area is 136 Å². The number of rotatable bonds is 6. The third-order valence-corrected chi connectivity index (χ3v) is 3.68. The number of carbonyl (C=O) groups excluding carboxylic acids is 2. The van der Waals surface area contributed by atoms with Gasteiger partial charge in [0.1, 0.15) is 0 Å². The molecule has 2 rings (SSSR count). The molecule has 23 heavy (non-hydrogen) atoms. The van der Waals surface area contributed by atoms with Crippen LogP contribution in [0.5, 0.6) is 0 Å². The fourth-order valence-electron chi connectivity index (χ4n) is 2.48. The number of nitrogens with one attached hydrogen (secondary N) is 1. The lowest BCUT2D eigenvalue weighted by atomic mass is 10.0. The summed E-state index contributed by atoms with van der Waals surface area (Å²) in [7, 11) is 0. The smallest absolute Gasteiger partial charge is 0.339 e. The molecule has 0 radical (unpaired) electrons. The molecule has 0 atom stereocenters. The second kappa shape index (κ2) is 7.72. The van der Waals surface area contributed by atoms with Gasteiger partial charge in [0.05, 0.1) is 11.1 Å². The Bertz CT molecular complexity index is 726. The SMILES string of the molecule is CCCNC(=O)COC(=O)c1c(C)c(CC)nc2ccccc12. The van der Waals surface area contributed by atoms with Crippen molar-refractivity contribution < 1.29 is 14.3 Å². The lowest BCUT2D eigenvalue weighted by Crippen LogP contribution is -2.29. The monoisotopic (exact) mass is 314 g/mol. The zero-order valence-corrected chi connectivity index (χ0v) is 13.8. The van der Waals surface area contributed by atoms with Gasteiger partial charge in [-0.15, -0.1) is 0 Å². The largest absolute Gasteiger partial charge is 0.452 e. The molecule has 1 aromatic carbocycles. The second-order valence-corrected chi connectivity index (χ2v) is 5.36. The van der Waals surface area contributed by atoms with E-state index in [1.54, 1.807) is 0 Å². The second-order valence-electron chi connectivity index (χ2n) is 5.36. The summed E-state index contributed by atoms with van der Waals surface area (Å²) in [5.41, 5.74) is 2.93. The first kappa shape index (κ1) is 16.9. The molecule has 1 heterocycles. The Morgan fingerprint density at radius 1 is 1.22 bits per heavy atom. The molecule has 0 saturated carbocycles. The highest BCUT2D eigenvalue weighted by molar-refractivity contribution is 6.05. The highest BCUT2D eigenvalue weighted by Crippen LogP contribution is 2.24. The summed E-state index contributed by atoms with van der Waals surface area (Å²) in [6.07, 6.45) is 1.57. The fraction of sp³-hybridized carbons (Fsp3) is 0.389. The summed E-state index contributed by atoms with van der Waals surface area (Å²) >= 11 is 0. The molecule has 1 aromatic heterocycles. The topological polar surface area (TPSA) is 68.3 Å². The van der Waals surface area contributed by atoms with Gasteiger partial charge in [0.2, 0.25) is 0 Å². The van der Waals surface area contributed by atoms with Crippen LogP contribution >= 0.6 is 0 Å². The number of aromatic nitrogens is 1. The molecule has 0 aliphatic carbocycles. The molecule has 2 aromatic rings. The van der Waals surface area contributed by atoms with Crippen LogP contribution in [0.25, 0.3) is 10.9 Å². The van der Waals surface area contributed by atoms with Crippen molar-refractivity contribution >= 4 is 22.8 Å². The van der Waals surface area contributed by atoms with E-state index >= 15 is 0 Å². The third-order valence-electron chi connectivity index (χ3n) is 3.68. The minimum Gasteiger partial charge on any atom is -0.452 e. The minimum absolute atomic E-state index is 0.267. The number of benzene rings is 1. The maximum absolute atomic E-state index is 12.5. The van der Waals surface area contributed by atoms with Crippen molar-refractivity contribution in [1.29, 1.82) is 0 Å². The van der Waals surface area contributed by atoms with E-state index in [9.17, 15) is 9.59 Å². The molecule has 0 unspecified atom stereocenters. The zero-order valence-electron chi connectivity index (χ0n) is 13.8. The molecule has 1 N–H and O–H groups in total. The van der Waals surface area contributed by atoms with E-state index < -0.39 is 5.97 Å². The fourth-order valence-corrected chi connectivity index (χ4v) is 2.48. The molecule has 5 nitrogen and oxygen atoms in total. The van der Waals surface area contributed by atoms with Gasteiger partial charge in [-0.05, 0) is 31.4 Å². The maximum atomic E-state index is 12.5. The van der Waals surface area contributed by atoms with Gasteiger partial charge in [0.15, 0.2) is 6.61 Å². The maximum Gasteiger partial charge on any atom is 0.339 e. The van der Waals surface area contributed by atoms with Crippen LogP contribution in [-0.2, 0) is 16.0 Å². The molecule has 0 bridgehead atoms. The highest BCUT2D eigenvalue weighted by atomic mass is 16.5. The zero-order chi connectivity index (χ0) is 16.8. The Morgan fingerprint density at radius 2 is 1.96 bits per heavy atom. The van der Waals surface area contributed by atoms with E-state index in [0.717, 1.165) is 35.0 Å². The molecule has 0 aliphatic rings. The normalized spacial score (nSPS) is 10.6. The van der Waals surface area contributed by atoms with Crippen molar-refractivity contribution in [2.24, 2.45) is 0 Å². The van der Waals surface area contributed by atoms with Crippen molar-refractivity contribution in [2.75, 3.05) is 13.2 Å². The molecule has 5 heteroatoms. The number of hydrogen-bond donors (Lipinski definition) is 1. The van der Waals surface area contributed by atoms with Crippen LogP contribution in [0.15, 0.2) is 24.3 Å². The van der Waals surface area contributed by atoms with E-state index in [1.165, 1.54) is 0 Å². The lowest BCUT2D eigenvalue weighted by Gasteiger charge is -2.13. The number of aryl methyl sites for hydroxylation is 1.